The Morgan fingerprint density at radius 1 is 0.745 bits per heavy atom. The van der Waals surface area contributed by atoms with Gasteiger partial charge < -0.3 is 20.8 Å². The molecule has 0 saturated heterocycles. The van der Waals surface area contributed by atoms with Gasteiger partial charge in [-0.1, -0.05) is 0 Å². The molecule has 1 aromatic heterocycles. The van der Waals surface area contributed by atoms with Crippen molar-refractivity contribution >= 4 is 50.5 Å². The summed E-state index contributed by atoms with van der Waals surface area (Å²) in [5.74, 6) is -18.3. The molecule has 0 spiro atoms. The molecule has 300 valence electrons. The van der Waals surface area contributed by atoms with E-state index in [4.69, 9.17) is 5.73 Å². The van der Waals surface area contributed by atoms with Crippen LogP contribution in [0.3, 0.4) is 0 Å². The van der Waals surface area contributed by atoms with E-state index in [1.165, 1.54) is 24.3 Å². The summed E-state index contributed by atoms with van der Waals surface area (Å²) in [5, 5.41) is 2.26. The average Bonchev–Trinajstić information content (AvgIpc) is 3.46. The fraction of sp³-hybridized carbons (Fsp3) is 0.276. The van der Waals surface area contributed by atoms with Crippen LogP contribution in [0, 0.1) is 0 Å². The second-order valence-corrected chi connectivity index (χ2v) is 11.8. The van der Waals surface area contributed by atoms with Crippen LogP contribution in [0.2, 0.25) is 0 Å². The number of aromatic amines is 1. The van der Waals surface area contributed by atoms with E-state index >= 15 is 0 Å². The van der Waals surface area contributed by atoms with Crippen molar-refractivity contribution in [3.8, 4) is 17.1 Å². The number of aldehydes is 1. The molecule has 0 fully saturated rings. The van der Waals surface area contributed by atoms with Crippen molar-refractivity contribution < 1.29 is 94.0 Å². The van der Waals surface area contributed by atoms with Crippen molar-refractivity contribution in [3.63, 3.8) is 0 Å². The second-order valence-electron chi connectivity index (χ2n) is 10.8. The lowest BCUT2D eigenvalue weighted by Crippen LogP contribution is -2.67. The number of nitrogens with zero attached hydrogens (tertiary/aromatic N) is 1. The average molecular weight is 883 g/mol. The molecule has 4 N–H and O–H groups in total. The number of imidazole rings is 1. The second kappa shape index (κ2) is 14.0. The molecule has 1 heterocycles. The monoisotopic (exact) mass is 882 g/mol. The van der Waals surface area contributed by atoms with Gasteiger partial charge >= 0.3 is 47.2 Å². The molecule has 4 aromatic rings. The van der Waals surface area contributed by atoms with E-state index in [1.54, 1.807) is 22.9 Å². The highest BCUT2D eigenvalue weighted by atomic mass is 79.9. The van der Waals surface area contributed by atoms with E-state index in [2.05, 4.69) is 24.8 Å². The summed E-state index contributed by atoms with van der Waals surface area (Å²) in [4.78, 5) is 31.6. The number of halogens is 17. The molecule has 26 heteroatoms. The lowest BCUT2D eigenvalue weighted by molar-refractivity contribution is -0.545. The summed E-state index contributed by atoms with van der Waals surface area (Å²) in [6.45, 7) is 0. The van der Waals surface area contributed by atoms with Crippen LogP contribution < -0.4 is 15.8 Å². The Bertz CT molecular complexity index is 2070. The molecule has 3 aromatic carbocycles. The molecule has 55 heavy (non-hydrogen) atoms. The predicted octanol–water partition coefficient (Wildman–Crippen LogP) is 9.51. The summed E-state index contributed by atoms with van der Waals surface area (Å²) in [7, 11) is 0. The van der Waals surface area contributed by atoms with Crippen molar-refractivity contribution in [2.45, 2.75) is 47.2 Å². The number of hydrogen-bond acceptors (Lipinski definition) is 7. The molecule has 0 aliphatic carbocycles. The highest BCUT2D eigenvalue weighted by Gasteiger charge is 2.85. The van der Waals surface area contributed by atoms with Crippen LogP contribution in [0.15, 0.2) is 60.7 Å². The van der Waals surface area contributed by atoms with Crippen LogP contribution in [0.25, 0.3) is 22.4 Å². The zero-order valence-electron chi connectivity index (χ0n) is 25.8. The topological polar surface area (TPSA) is 129 Å². The highest BCUT2D eigenvalue weighted by Crippen LogP contribution is 2.57. The number of rotatable bonds is 13. The Kier molecular flexibility index (Phi) is 10.9. The number of ether oxygens (including phenoxy) is 3. The summed E-state index contributed by atoms with van der Waals surface area (Å²) in [6.07, 6.45) is -37.7. The largest absolute Gasteiger partial charge is 0.471 e. The number of H-pyrrole nitrogens is 1. The first-order valence-corrected chi connectivity index (χ1v) is 14.7. The molecule has 1 amide bonds. The molecule has 0 bridgehead atoms. The predicted molar refractivity (Wildman–Crippen MR) is 157 cm³/mol. The smallest absolute Gasteiger partial charge is 0.427 e. The van der Waals surface area contributed by atoms with Crippen molar-refractivity contribution in [2.24, 2.45) is 0 Å². The van der Waals surface area contributed by atoms with Gasteiger partial charge in [0, 0.05) is 22.5 Å². The van der Waals surface area contributed by atoms with E-state index in [1.807, 2.05) is 0 Å². The van der Waals surface area contributed by atoms with E-state index in [0.717, 1.165) is 22.0 Å². The number of fused-ring (bicyclic) bond motifs is 1. The maximum atomic E-state index is 14.9. The van der Waals surface area contributed by atoms with Gasteiger partial charge in [0.05, 0.1) is 16.6 Å². The number of aromatic nitrogens is 2. The van der Waals surface area contributed by atoms with Gasteiger partial charge in [-0.2, -0.15) is 70.2 Å². The lowest BCUT2D eigenvalue weighted by atomic mass is 10.1. The van der Waals surface area contributed by atoms with Crippen molar-refractivity contribution in [1.82, 2.24) is 9.97 Å². The fourth-order valence-electron chi connectivity index (χ4n) is 4.11. The van der Waals surface area contributed by atoms with Crippen LogP contribution in [-0.4, -0.2) is 69.4 Å². The third-order valence-corrected chi connectivity index (χ3v) is 7.51. The molecular formula is C29H15BrF16N4O5. The standard InChI is InChI=1S/C29H15BrF16N4O5/c30-24(34,55-28(43,44)23(33,26(38,39)40)54-27(41,42)22(31,32)25(35,36)37)29(45,46)53-19-9-13(1-2-14(19)11-51)21(52)48-16-6-3-12(4-7-16)20-49-17-8-5-15(47)10-18(17)50-20/h1-11H,47H2,(H,48,52)(H,49,50). The highest BCUT2D eigenvalue weighted by molar-refractivity contribution is 9.10. The number of amides is 1. The number of benzene rings is 3. The van der Waals surface area contributed by atoms with Gasteiger partial charge in [0.2, 0.25) is 0 Å². The molecule has 0 aliphatic rings. The Hall–Kier alpha value is -4.85. The summed E-state index contributed by atoms with van der Waals surface area (Å²) >= 11 is 0.952. The summed E-state index contributed by atoms with van der Waals surface area (Å²) < 4.78 is 219. The molecule has 0 saturated carbocycles. The molecule has 0 aliphatic heterocycles. The van der Waals surface area contributed by atoms with E-state index < -0.39 is 70.0 Å². The minimum absolute atomic E-state index is 0.0143. The van der Waals surface area contributed by atoms with Crippen LogP contribution in [0.4, 0.5) is 81.6 Å². The van der Waals surface area contributed by atoms with Crippen molar-refractivity contribution in [3.05, 3.63) is 71.8 Å². The molecule has 2 atom stereocenters. The van der Waals surface area contributed by atoms with Crippen LogP contribution in [-0.2, 0) is 9.47 Å². The first kappa shape index (κ1) is 42.9. The number of anilines is 2. The maximum absolute atomic E-state index is 14.9. The van der Waals surface area contributed by atoms with Gasteiger partial charge in [-0.25, -0.2) is 4.98 Å². The van der Waals surface area contributed by atoms with Crippen molar-refractivity contribution in [1.29, 1.82) is 0 Å². The number of nitrogens with one attached hydrogen (secondary N) is 2. The van der Waals surface area contributed by atoms with E-state index in [0.29, 0.717) is 34.2 Å². The Morgan fingerprint density at radius 3 is 1.89 bits per heavy atom. The van der Waals surface area contributed by atoms with Crippen LogP contribution >= 0.6 is 15.9 Å². The zero-order chi connectivity index (χ0) is 41.8. The summed E-state index contributed by atoms with van der Waals surface area (Å²) in [6, 6.07) is 11.9. The fourth-order valence-corrected chi connectivity index (χ4v) is 4.40. The summed E-state index contributed by atoms with van der Waals surface area (Å²) in [5.41, 5.74) is 6.00. The van der Waals surface area contributed by atoms with Crippen molar-refractivity contribution in [2.75, 3.05) is 11.1 Å². The van der Waals surface area contributed by atoms with Gasteiger partial charge in [0.1, 0.15) is 11.6 Å². The molecule has 9 nitrogen and oxygen atoms in total. The third-order valence-electron chi connectivity index (χ3n) is 6.89. The van der Waals surface area contributed by atoms with Gasteiger partial charge in [-0.05, 0) is 76.6 Å². The van der Waals surface area contributed by atoms with E-state index in [-0.39, 0.29) is 18.0 Å². The first-order valence-electron chi connectivity index (χ1n) is 13.9. The maximum Gasteiger partial charge on any atom is 0.471 e. The van der Waals surface area contributed by atoms with Crippen LogP contribution in [0.1, 0.15) is 20.7 Å². The molecule has 4 rings (SSSR count). The van der Waals surface area contributed by atoms with Gasteiger partial charge in [-0.15, -0.1) is 0 Å². The SMILES string of the molecule is Nc1ccc2nc(-c3ccc(NC(=O)c4ccc(C=O)c(OC(F)(F)C(F)(Br)OC(F)(F)C(F)(OC(F)(F)C(F)(F)C(F)(F)F)C(F)(F)F)c4)cc3)[nH]c2c1. The number of hydrogen-bond donors (Lipinski definition) is 3. The van der Waals surface area contributed by atoms with Gasteiger partial charge in [-0.3, -0.25) is 19.1 Å². The third kappa shape index (κ3) is 8.24. The Labute approximate surface area is 301 Å². The van der Waals surface area contributed by atoms with Gasteiger partial charge in [0.15, 0.2) is 6.29 Å². The zero-order valence-corrected chi connectivity index (χ0v) is 27.4. The number of carbonyl (C=O) groups excluding carboxylic acids is 2. The Morgan fingerprint density at radius 2 is 1.35 bits per heavy atom. The molecule has 0 radical (unpaired) electrons. The Balaban J connectivity index is 1.57. The van der Waals surface area contributed by atoms with Gasteiger partial charge in [0.25, 0.3) is 5.91 Å². The minimum atomic E-state index is -7.94. The first-order chi connectivity index (χ1) is 24.9. The number of nitrogen functional groups attached to an aromatic ring is 1. The number of nitrogens with two attached hydrogens (primary N) is 1. The minimum Gasteiger partial charge on any atom is -0.427 e. The number of alkyl halides is 17. The van der Waals surface area contributed by atoms with Crippen LogP contribution in [0.5, 0.6) is 5.75 Å². The molecule has 2 unspecified atom stereocenters. The number of carbonyl (C=O) groups is 2. The quantitative estimate of drug-likeness (QED) is 0.0528. The lowest BCUT2D eigenvalue weighted by Gasteiger charge is -2.40. The van der Waals surface area contributed by atoms with E-state index in [9.17, 15) is 79.8 Å². The molecular weight excluding hydrogens is 868 g/mol. The normalized spacial score (nSPS) is 15.7.